The van der Waals surface area contributed by atoms with Crippen molar-refractivity contribution in [2.45, 2.75) is 25.3 Å². The lowest BCUT2D eigenvalue weighted by Gasteiger charge is -2.31. The molecule has 0 aromatic heterocycles. The van der Waals surface area contributed by atoms with Crippen LogP contribution in [0.4, 0.5) is 0 Å². The van der Waals surface area contributed by atoms with Crippen LogP contribution in [0, 0.1) is 0 Å². The van der Waals surface area contributed by atoms with Crippen LogP contribution in [0.15, 0.2) is 30.3 Å². The van der Waals surface area contributed by atoms with Gasteiger partial charge < -0.3 is 10.0 Å². The quantitative estimate of drug-likeness (QED) is 0.812. The maximum atomic E-state index is 12.2. The molecule has 0 bridgehead atoms. The number of thioether (sulfide) groups is 1. The van der Waals surface area contributed by atoms with Crippen molar-refractivity contribution >= 4 is 29.4 Å². The fourth-order valence-electron chi connectivity index (χ4n) is 2.60. The number of carboxylic acids is 1. The molecule has 1 atom stereocenters. The van der Waals surface area contributed by atoms with Crippen LogP contribution in [0.3, 0.4) is 0 Å². The van der Waals surface area contributed by atoms with Crippen LogP contribution < -0.4 is 0 Å². The van der Waals surface area contributed by atoms with Gasteiger partial charge in [-0.15, -0.1) is 11.8 Å². The van der Waals surface area contributed by atoms with Gasteiger partial charge in [0.2, 0.25) is 5.91 Å². The summed E-state index contributed by atoms with van der Waals surface area (Å²) >= 11 is 1.23. The van der Waals surface area contributed by atoms with Crippen molar-refractivity contribution in [3.8, 4) is 0 Å². The minimum atomic E-state index is -1.11. The first-order valence-electron chi connectivity index (χ1n) is 7.15. The Hall–Kier alpha value is -1.82. The summed E-state index contributed by atoms with van der Waals surface area (Å²) < 4.78 is 0. The van der Waals surface area contributed by atoms with E-state index >= 15 is 0 Å². The molecule has 1 aromatic carbocycles. The van der Waals surface area contributed by atoms with E-state index in [0.717, 1.165) is 0 Å². The molecule has 0 aliphatic carbocycles. The third-order valence-electron chi connectivity index (χ3n) is 3.96. The van der Waals surface area contributed by atoms with Gasteiger partial charge in [0.05, 0.1) is 11.5 Å². The Kier molecular flexibility index (Phi) is 5.24. The van der Waals surface area contributed by atoms with Crippen LogP contribution in [-0.2, 0) is 9.59 Å². The fraction of sp³-hybridized carbons (Fsp3) is 0.438. The number of hydrogen-bond donors (Lipinski definition) is 1. The van der Waals surface area contributed by atoms with Gasteiger partial charge in [0, 0.05) is 12.1 Å². The Morgan fingerprint density at radius 1 is 1.23 bits per heavy atom. The average molecular weight is 321 g/mol. The second-order valence-corrected chi connectivity index (χ2v) is 6.50. The van der Waals surface area contributed by atoms with Crippen molar-refractivity contribution in [3.63, 3.8) is 0 Å². The highest BCUT2D eigenvalue weighted by Crippen LogP contribution is 2.29. The van der Waals surface area contributed by atoms with Crippen LogP contribution >= 0.6 is 11.8 Å². The number of benzene rings is 1. The topological polar surface area (TPSA) is 74.7 Å². The van der Waals surface area contributed by atoms with Gasteiger partial charge in [0.25, 0.3) is 0 Å². The van der Waals surface area contributed by atoms with Crippen LogP contribution in [0.1, 0.15) is 30.1 Å². The maximum Gasteiger partial charge on any atom is 0.329 e. The summed E-state index contributed by atoms with van der Waals surface area (Å²) in [6.07, 6.45) is 1.17. The van der Waals surface area contributed by atoms with E-state index in [1.807, 2.05) is 6.07 Å². The third kappa shape index (κ3) is 3.50. The first-order chi connectivity index (χ1) is 10.4. The van der Waals surface area contributed by atoms with E-state index < -0.39 is 11.5 Å². The highest BCUT2D eigenvalue weighted by atomic mass is 32.2. The smallest absolute Gasteiger partial charge is 0.329 e. The number of aliphatic carboxylic acids is 1. The highest BCUT2D eigenvalue weighted by molar-refractivity contribution is 8.00. The Balaban J connectivity index is 1.86. The second kappa shape index (κ2) is 6.96. The molecule has 2 rings (SSSR count). The van der Waals surface area contributed by atoms with Crippen molar-refractivity contribution in [1.29, 1.82) is 0 Å². The van der Waals surface area contributed by atoms with Crippen LogP contribution in [0.5, 0.6) is 0 Å². The van der Waals surface area contributed by atoms with Gasteiger partial charge in [-0.1, -0.05) is 30.3 Å². The van der Waals surface area contributed by atoms with Gasteiger partial charge in [-0.3, -0.25) is 9.59 Å². The Morgan fingerprint density at radius 2 is 1.91 bits per heavy atom. The third-order valence-corrected chi connectivity index (χ3v) is 4.87. The summed E-state index contributed by atoms with van der Waals surface area (Å²) in [7, 11) is 0. The lowest BCUT2D eigenvalue weighted by Crippen LogP contribution is -2.51. The Bertz CT molecular complexity index is 575. The summed E-state index contributed by atoms with van der Waals surface area (Å²) in [5, 5.41) is 9.30. The predicted molar refractivity (Wildman–Crippen MR) is 85.1 cm³/mol. The lowest BCUT2D eigenvalue weighted by atomic mass is 9.99. The largest absolute Gasteiger partial charge is 0.480 e. The van der Waals surface area contributed by atoms with Gasteiger partial charge in [-0.25, -0.2) is 4.79 Å². The molecule has 22 heavy (non-hydrogen) atoms. The van der Waals surface area contributed by atoms with Gasteiger partial charge >= 0.3 is 5.97 Å². The van der Waals surface area contributed by atoms with E-state index in [-0.39, 0.29) is 23.2 Å². The van der Waals surface area contributed by atoms with Gasteiger partial charge in [-0.05, 0) is 19.8 Å². The summed E-state index contributed by atoms with van der Waals surface area (Å²) in [5.41, 5.74) is -0.486. The zero-order chi connectivity index (χ0) is 16.2. The molecule has 1 unspecified atom stereocenters. The summed E-state index contributed by atoms with van der Waals surface area (Å²) in [5.74, 6) is -0.868. The molecule has 0 saturated carbocycles. The van der Waals surface area contributed by atoms with Crippen molar-refractivity contribution in [3.05, 3.63) is 35.9 Å². The van der Waals surface area contributed by atoms with Gasteiger partial charge in [0.15, 0.2) is 5.78 Å². The number of carbonyl (C=O) groups excluding carboxylic acids is 2. The molecule has 1 heterocycles. The molecule has 1 aromatic rings. The molecular weight excluding hydrogens is 302 g/mol. The molecule has 1 fully saturated rings. The van der Waals surface area contributed by atoms with Crippen molar-refractivity contribution in [2.75, 3.05) is 18.1 Å². The van der Waals surface area contributed by atoms with Crippen molar-refractivity contribution in [2.24, 2.45) is 0 Å². The molecule has 1 aliphatic rings. The zero-order valence-corrected chi connectivity index (χ0v) is 13.3. The number of ketones is 1. The molecule has 1 N–H and O–H groups in total. The van der Waals surface area contributed by atoms with E-state index in [1.165, 1.54) is 16.7 Å². The minimum Gasteiger partial charge on any atom is -0.480 e. The Morgan fingerprint density at radius 3 is 2.55 bits per heavy atom. The SMILES string of the molecule is CC1(C(=O)O)CCCN1C(=O)CSCC(=O)c1ccccc1. The van der Waals surface area contributed by atoms with Crippen LogP contribution in [0.25, 0.3) is 0 Å². The number of nitrogens with zero attached hydrogens (tertiary/aromatic N) is 1. The Labute approximate surface area is 133 Å². The fourth-order valence-corrected chi connectivity index (χ4v) is 3.39. The zero-order valence-electron chi connectivity index (χ0n) is 12.4. The number of carbonyl (C=O) groups is 3. The first kappa shape index (κ1) is 16.5. The molecule has 1 amide bonds. The summed E-state index contributed by atoms with van der Waals surface area (Å²) in [6, 6.07) is 8.92. The summed E-state index contributed by atoms with van der Waals surface area (Å²) in [4.78, 5) is 36.9. The first-order valence-corrected chi connectivity index (χ1v) is 8.30. The standard InChI is InChI=1S/C16H19NO4S/c1-16(15(20)21)8-5-9-17(16)14(19)11-22-10-13(18)12-6-3-2-4-7-12/h2-4,6-7H,5,8-11H2,1H3,(H,20,21). The number of Topliss-reactive ketones (excluding diaryl/α,β-unsaturated/α-hetero) is 1. The lowest BCUT2D eigenvalue weighted by molar-refractivity contribution is -0.154. The van der Waals surface area contributed by atoms with E-state index in [9.17, 15) is 19.5 Å². The maximum absolute atomic E-state index is 12.2. The number of amides is 1. The average Bonchev–Trinajstić information content (AvgIpc) is 2.91. The highest BCUT2D eigenvalue weighted by Gasteiger charge is 2.45. The molecule has 6 heteroatoms. The monoisotopic (exact) mass is 321 g/mol. The molecule has 0 radical (unpaired) electrons. The van der Waals surface area contributed by atoms with Crippen LogP contribution in [0.2, 0.25) is 0 Å². The van der Waals surface area contributed by atoms with E-state index in [4.69, 9.17) is 0 Å². The van der Waals surface area contributed by atoms with E-state index in [2.05, 4.69) is 0 Å². The van der Waals surface area contributed by atoms with Gasteiger partial charge in [0.1, 0.15) is 5.54 Å². The number of carboxylic acid groups (broad SMARTS) is 1. The molecule has 118 valence electrons. The predicted octanol–water partition coefficient (Wildman–Crippen LogP) is 2.07. The molecule has 0 spiro atoms. The molecule has 5 nitrogen and oxygen atoms in total. The molecule has 1 aliphatic heterocycles. The molecular formula is C16H19NO4S. The van der Waals surface area contributed by atoms with E-state index in [1.54, 1.807) is 31.2 Å². The normalized spacial score (nSPS) is 20.9. The molecule has 1 saturated heterocycles. The number of hydrogen-bond acceptors (Lipinski definition) is 4. The van der Waals surface area contributed by atoms with Gasteiger partial charge in [-0.2, -0.15) is 0 Å². The minimum absolute atomic E-state index is 0.0270. The summed E-state index contributed by atoms with van der Waals surface area (Å²) in [6.45, 7) is 2.05. The van der Waals surface area contributed by atoms with E-state index in [0.29, 0.717) is 24.9 Å². The second-order valence-electron chi connectivity index (χ2n) is 5.51. The van der Waals surface area contributed by atoms with Crippen molar-refractivity contribution in [1.82, 2.24) is 4.90 Å². The number of rotatable bonds is 6. The number of likely N-dealkylation sites (tertiary alicyclic amines) is 1. The van der Waals surface area contributed by atoms with Crippen molar-refractivity contribution < 1.29 is 19.5 Å². The van der Waals surface area contributed by atoms with Crippen LogP contribution in [-0.4, -0.2) is 51.3 Å².